The smallest absolute Gasteiger partial charge is 0.173 e. The summed E-state index contributed by atoms with van der Waals surface area (Å²) in [6.45, 7) is 1.69. The van der Waals surface area contributed by atoms with Crippen molar-refractivity contribution in [2.75, 3.05) is 0 Å². The lowest BCUT2D eigenvalue weighted by Gasteiger charge is -2.03. The Balaban J connectivity index is 1.40. The average Bonchev–Trinajstić information content (AvgIpc) is 2.81. The van der Waals surface area contributed by atoms with Crippen molar-refractivity contribution in [2.24, 2.45) is 0 Å². The molecule has 0 unspecified atom stereocenters. The van der Waals surface area contributed by atoms with Crippen molar-refractivity contribution in [1.29, 1.82) is 0 Å². The van der Waals surface area contributed by atoms with Gasteiger partial charge in [-0.25, -0.2) is 9.13 Å². The Kier molecular flexibility index (Phi) is 6.78. The molecule has 0 saturated carbocycles. The lowest BCUT2D eigenvalue weighted by atomic mass is 10.1. The minimum Gasteiger partial charge on any atom is -0.201 e. The van der Waals surface area contributed by atoms with Crippen molar-refractivity contribution < 1.29 is 9.13 Å². The third kappa shape index (κ3) is 5.27. The molecule has 0 bridgehead atoms. The monoisotopic (exact) mass is 434 g/mol. The van der Waals surface area contributed by atoms with Crippen molar-refractivity contribution >= 4 is 23.2 Å². The van der Waals surface area contributed by atoms with Crippen molar-refractivity contribution in [3.63, 3.8) is 0 Å². The quantitative estimate of drug-likeness (QED) is 0.267. The lowest BCUT2D eigenvalue weighted by Crippen LogP contribution is -2.33. The first-order chi connectivity index (χ1) is 14.7. The SMILES string of the molecule is ClCc1ccc(C[n+]2ccc(-c3cc[n+](Cc4ccc(CCl)cc4)cc3)cc2)cc1. The van der Waals surface area contributed by atoms with Crippen LogP contribution in [0.15, 0.2) is 97.6 Å². The molecule has 30 heavy (non-hydrogen) atoms. The normalized spacial score (nSPS) is 10.9. The maximum Gasteiger partial charge on any atom is 0.173 e. The third-order valence-corrected chi connectivity index (χ3v) is 5.82. The molecule has 4 aromatic rings. The Hall–Kier alpha value is -2.68. The fraction of sp³-hybridized carbons (Fsp3) is 0.154. The minimum atomic E-state index is 0.555. The largest absolute Gasteiger partial charge is 0.201 e. The van der Waals surface area contributed by atoms with E-state index < -0.39 is 0 Å². The molecule has 2 nitrogen and oxygen atoms in total. The van der Waals surface area contributed by atoms with E-state index in [1.807, 2.05) is 0 Å². The number of benzene rings is 2. The zero-order chi connectivity index (χ0) is 20.8. The Morgan fingerprint density at radius 1 is 0.433 bits per heavy atom. The van der Waals surface area contributed by atoms with Gasteiger partial charge in [0.05, 0.1) is 0 Å². The highest BCUT2D eigenvalue weighted by Crippen LogP contribution is 2.16. The highest BCUT2D eigenvalue weighted by Gasteiger charge is 2.08. The molecule has 4 heteroatoms. The summed E-state index contributed by atoms with van der Waals surface area (Å²) in [6, 6.07) is 25.5. The molecule has 0 radical (unpaired) electrons. The van der Waals surface area contributed by atoms with Crippen LogP contribution in [0, 0.1) is 0 Å². The number of hydrogen-bond donors (Lipinski definition) is 0. The van der Waals surface area contributed by atoms with Gasteiger partial charge in [0.2, 0.25) is 0 Å². The number of halogens is 2. The first kappa shape index (κ1) is 20.6. The van der Waals surface area contributed by atoms with Crippen molar-refractivity contribution in [2.45, 2.75) is 24.8 Å². The standard InChI is InChI=1S/C26H24Cl2N2/c27-17-21-1-5-23(6-2-21)19-29-13-9-25(10-14-29)26-11-15-30(16-12-26)20-24-7-3-22(18-28)4-8-24/h1-16H,17-20H2/q+2. The van der Waals surface area contributed by atoms with E-state index in [0.29, 0.717) is 11.8 Å². The van der Waals surface area contributed by atoms with Crippen molar-refractivity contribution in [1.82, 2.24) is 0 Å². The zero-order valence-corrected chi connectivity index (χ0v) is 18.2. The highest BCUT2D eigenvalue weighted by molar-refractivity contribution is 6.17. The van der Waals surface area contributed by atoms with E-state index >= 15 is 0 Å². The van der Waals surface area contributed by atoms with Crippen LogP contribution < -0.4 is 9.13 Å². The number of alkyl halides is 2. The van der Waals surface area contributed by atoms with Gasteiger partial charge >= 0.3 is 0 Å². The number of hydrogen-bond acceptors (Lipinski definition) is 0. The highest BCUT2D eigenvalue weighted by atomic mass is 35.5. The van der Waals surface area contributed by atoms with E-state index in [9.17, 15) is 0 Å². The second kappa shape index (κ2) is 9.88. The third-order valence-electron chi connectivity index (χ3n) is 5.20. The Bertz CT molecular complexity index is 981. The molecule has 0 atom stereocenters. The molecule has 2 aromatic heterocycles. The molecule has 0 N–H and O–H groups in total. The van der Waals surface area contributed by atoms with Crippen LogP contribution >= 0.6 is 23.2 Å². The van der Waals surface area contributed by atoms with Gasteiger partial charge in [0.15, 0.2) is 37.9 Å². The number of nitrogens with zero attached hydrogens (tertiary/aromatic N) is 2. The van der Waals surface area contributed by atoms with Gasteiger partial charge in [-0.3, -0.25) is 0 Å². The van der Waals surface area contributed by atoms with Gasteiger partial charge in [0.1, 0.15) is 0 Å². The van der Waals surface area contributed by atoms with Gasteiger partial charge in [-0.2, -0.15) is 0 Å². The van der Waals surface area contributed by atoms with E-state index in [1.54, 1.807) is 0 Å². The predicted molar refractivity (Wildman–Crippen MR) is 122 cm³/mol. The van der Waals surface area contributed by atoms with E-state index in [4.69, 9.17) is 23.2 Å². The van der Waals surface area contributed by atoms with E-state index in [0.717, 1.165) is 24.2 Å². The predicted octanol–water partition coefficient (Wildman–Crippen LogP) is 5.50. The van der Waals surface area contributed by atoms with Gasteiger partial charge in [-0.1, -0.05) is 48.5 Å². The van der Waals surface area contributed by atoms with Gasteiger partial charge in [0.25, 0.3) is 0 Å². The van der Waals surface area contributed by atoms with Crippen LogP contribution in [0.2, 0.25) is 0 Å². The molecular formula is C26H24Cl2N2+2. The molecule has 0 aliphatic carbocycles. The van der Waals surface area contributed by atoms with Gasteiger partial charge in [-0.05, 0) is 22.3 Å². The topological polar surface area (TPSA) is 7.76 Å². The van der Waals surface area contributed by atoms with Crippen LogP contribution in [0.4, 0.5) is 0 Å². The van der Waals surface area contributed by atoms with Gasteiger partial charge < -0.3 is 0 Å². The van der Waals surface area contributed by atoms with Crippen LogP contribution in [0.1, 0.15) is 22.3 Å². The second-order valence-electron chi connectivity index (χ2n) is 7.42. The van der Waals surface area contributed by atoms with Crippen LogP contribution in [0.5, 0.6) is 0 Å². The minimum absolute atomic E-state index is 0.555. The molecule has 0 saturated heterocycles. The summed E-state index contributed by atoms with van der Waals surface area (Å²) in [4.78, 5) is 0. The number of aromatic nitrogens is 2. The summed E-state index contributed by atoms with van der Waals surface area (Å²) < 4.78 is 4.37. The molecule has 4 rings (SSSR count). The summed E-state index contributed by atoms with van der Waals surface area (Å²) in [5.74, 6) is 1.11. The first-order valence-corrected chi connectivity index (χ1v) is 11.1. The summed E-state index contributed by atoms with van der Waals surface area (Å²) in [5, 5.41) is 0. The van der Waals surface area contributed by atoms with Crippen LogP contribution in [-0.4, -0.2) is 0 Å². The molecule has 0 amide bonds. The Labute approximate surface area is 188 Å². The first-order valence-electron chi connectivity index (χ1n) is 9.99. The fourth-order valence-corrected chi connectivity index (χ4v) is 3.76. The lowest BCUT2D eigenvalue weighted by molar-refractivity contribution is -0.688. The maximum absolute atomic E-state index is 5.87. The van der Waals surface area contributed by atoms with E-state index in [2.05, 4.69) is 107 Å². The molecule has 0 aliphatic heterocycles. The Morgan fingerprint density at radius 2 is 0.733 bits per heavy atom. The van der Waals surface area contributed by atoms with Crippen molar-refractivity contribution in [3.8, 4) is 11.1 Å². The van der Waals surface area contributed by atoms with E-state index in [1.165, 1.54) is 22.3 Å². The molecule has 2 heterocycles. The summed E-state index contributed by atoms with van der Waals surface area (Å²) in [6.07, 6.45) is 8.52. The average molecular weight is 435 g/mol. The van der Waals surface area contributed by atoms with Crippen LogP contribution in [0.3, 0.4) is 0 Å². The summed E-state index contributed by atoms with van der Waals surface area (Å²) in [5.41, 5.74) is 7.25. The van der Waals surface area contributed by atoms with Crippen molar-refractivity contribution in [3.05, 3.63) is 120 Å². The van der Waals surface area contributed by atoms with Gasteiger partial charge in [0, 0.05) is 47.2 Å². The maximum atomic E-state index is 5.87. The van der Waals surface area contributed by atoms with Crippen LogP contribution in [-0.2, 0) is 24.8 Å². The van der Waals surface area contributed by atoms with Gasteiger partial charge in [-0.15, -0.1) is 23.2 Å². The Morgan fingerprint density at radius 3 is 1.03 bits per heavy atom. The molecule has 150 valence electrons. The second-order valence-corrected chi connectivity index (χ2v) is 7.95. The fourth-order valence-electron chi connectivity index (χ4n) is 3.40. The molecule has 0 spiro atoms. The molecule has 2 aromatic carbocycles. The number of rotatable bonds is 7. The summed E-state index contributed by atoms with van der Waals surface area (Å²) in [7, 11) is 0. The molecule has 0 aliphatic rings. The molecule has 0 fully saturated rings. The molecular weight excluding hydrogens is 411 g/mol. The summed E-state index contributed by atoms with van der Waals surface area (Å²) >= 11 is 11.7. The zero-order valence-electron chi connectivity index (χ0n) is 16.7. The van der Waals surface area contributed by atoms with Crippen LogP contribution in [0.25, 0.3) is 11.1 Å². The number of pyridine rings is 2. The van der Waals surface area contributed by atoms with E-state index in [-0.39, 0.29) is 0 Å².